The predicted octanol–water partition coefficient (Wildman–Crippen LogP) is 5.51. The molecule has 1 amide bonds. The van der Waals surface area contributed by atoms with Crippen LogP contribution in [0.1, 0.15) is 21.7 Å². The van der Waals surface area contributed by atoms with Crippen molar-refractivity contribution in [2.24, 2.45) is 0 Å². The van der Waals surface area contributed by atoms with Crippen LogP contribution in [0.4, 0.5) is 5.69 Å². The van der Waals surface area contributed by atoms with E-state index in [9.17, 15) is 9.59 Å². The van der Waals surface area contributed by atoms with Gasteiger partial charge in [-0.25, -0.2) is 0 Å². The molecule has 7 heteroatoms. The molecule has 0 spiro atoms. The second-order valence-corrected chi connectivity index (χ2v) is 7.90. The zero-order chi connectivity index (χ0) is 22.1. The summed E-state index contributed by atoms with van der Waals surface area (Å²) in [6.45, 7) is 0. The predicted molar refractivity (Wildman–Crippen MR) is 124 cm³/mol. The van der Waals surface area contributed by atoms with Gasteiger partial charge in [-0.3, -0.25) is 9.59 Å². The molecule has 0 aliphatic heterocycles. The Labute approximate surface area is 188 Å². The Balaban J connectivity index is 1.72. The first-order chi connectivity index (χ1) is 14.9. The van der Waals surface area contributed by atoms with Gasteiger partial charge in [0.05, 0.1) is 17.1 Å². The van der Waals surface area contributed by atoms with Crippen LogP contribution in [0.25, 0.3) is 22.1 Å². The number of benzene rings is 3. The van der Waals surface area contributed by atoms with Gasteiger partial charge in [0.15, 0.2) is 5.76 Å². The highest BCUT2D eigenvalue weighted by Crippen LogP contribution is 2.34. The SMILES string of the molecule is CNC(=O)Cc1cccc(-c2ccc3c(N)c(C(=O)c4ccc(Cl)cc4Cl)oc3c2)c1. The fourth-order valence-corrected chi connectivity index (χ4v) is 3.89. The first kappa shape index (κ1) is 21.0. The van der Waals surface area contributed by atoms with Crippen molar-refractivity contribution in [1.82, 2.24) is 5.32 Å². The summed E-state index contributed by atoms with van der Waals surface area (Å²) >= 11 is 12.1. The number of hydrogen-bond donors (Lipinski definition) is 2. The molecule has 0 radical (unpaired) electrons. The monoisotopic (exact) mass is 452 g/mol. The number of furan rings is 1. The standard InChI is InChI=1S/C24H18Cl2N2O3/c1-28-21(29)10-13-3-2-4-14(9-13)15-5-7-18-20(11-15)31-24(22(18)27)23(30)17-8-6-16(25)12-19(17)26/h2-9,11-12H,10,27H2,1H3,(H,28,29). The Morgan fingerprint density at radius 2 is 1.77 bits per heavy atom. The van der Waals surface area contributed by atoms with Gasteiger partial charge in [0, 0.05) is 23.0 Å². The summed E-state index contributed by atoms with van der Waals surface area (Å²) in [5.41, 5.74) is 9.91. The summed E-state index contributed by atoms with van der Waals surface area (Å²) < 4.78 is 5.84. The van der Waals surface area contributed by atoms with Gasteiger partial charge in [0.2, 0.25) is 11.7 Å². The normalized spacial score (nSPS) is 10.9. The van der Waals surface area contributed by atoms with Gasteiger partial charge in [-0.15, -0.1) is 0 Å². The number of fused-ring (bicyclic) bond motifs is 1. The molecule has 3 aromatic carbocycles. The smallest absolute Gasteiger partial charge is 0.231 e. The number of amides is 1. The number of nitrogens with one attached hydrogen (secondary N) is 1. The highest BCUT2D eigenvalue weighted by Gasteiger charge is 2.22. The van der Waals surface area contributed by atoms with Gasteiger partial charge < -0.3 is 15.5 Å². The third-order valence-electron chi connectivity index (χ3n) is 5.01. The molecule has 0 fully saturated rings. The van der Waals surface area contributed by atoms with Crippen molar-refractivity contribution in [3.63, 3.8) is 0 Å². The van der Waals surface area contributed by atoms with Crippen LogP contribution < -0.4 is 11.1 Å². The highest BCUT2D eigenvalue weighted by molar-refractivity contribution is 6.37. The minimum atomic E-state index is -0.413. The molecule has 0 atom stereocenters. The van der Waals surface area contributed by atoms with Gasteiger partial charge in [-0.1, -0.05) is 53.5 Å². The third kappa shape index (κ3) is 4.15. The van der Waals surface area contributed by atoms with Crippen LogP contribution >= 0.6 is 23.2 Å². The number of rotatable bonds is 5. The van der Waals surface area contributed by atoms with E-state index in [1.165, 1.54) is 6.07 Å². The van der Waals surface area contributed by atoms with Gasteiger partial charge in [-0.2, -0.15) is 0 Å². The second-order valence-electron chi connectivity index (χ2n) is 7.06. The molecule has 0 aliphatic carbocycles. The van der Waals surface area contributed by atoms with Crippen molar-refractivity contribution in [2.45, 2.75) is 6.42 Å². The van der Waals surface area contributed by atoms with Crippen molar-refractivity contribution < 1.29 is 14.0 Å². The molecule has 5 nitrogen and oxygen atoms in total. The summed E-state index contributed by atoms with van der Waals surface area (Å²) in [4.78, 5) is 24.6. The topological polar surface area (TPSA) is 85.3 Å². The largest absolute Gasteiger partial charge is 0.450 e. The van der Waals surface area contributed by atoms with Crippen LogP contribution in [0.3, 0.4) is 0 Å². The van der Waals surface area contributed by atoms with Gasteiger partial charge in [0.25, 0.3) is 0 Å². The molecule has 0 unspecified atom stereocenters. The average Bonchev–Trinajstić information content (AvgIpc) is 3.09. The van der Waals surface area contributed by atoms with Crippen LogP contribution in [0.2, 0.25) is 10.0 Å². The van der Waals surface area contributed by atoms with E-state index in [0.717, 1.165) is 16.7 Å². The zero-order valence-electron chi connectivity index (χ0n) is 16.5. The van der Waals surface area contributed by atoms with Crippen LogP contribution in [-0.2, 0) is 11.2 Å². The summed E-state index contributed by atoms with van der Waals surface area (Å²) in [7, 11) is 1.61. The fraction of sp³-hybridized carbons (Fsp3) is 0.0833. The number of carbonyl (C=O) groups excluding carboxylic acids is 2. The van der Waals surface area contributed by atoms with E-state index in [2.05, 4.69) is 5.32 Å². The van der Waals surface area contributed by atoms with Gasteiger partial charge >= 0.3 is 0 Å². The molecule has 156 valence electrons. The van der Waals surface area contributed by atoms with E-state index < -0.39 is 5.78 Å². The summed E-state index contributed by atoms with van der Waals surface area (Å²) in [6.07, 6.45) is 0.292. The molecule has 0 saturated carbocycles. The maximum Gasteiger partial charge on any atom is 0.231 e. The number of nitrogen functional groups attached to an aromatic ring is 1. The lowest BCUT2D eigenvalue weighted by molar-refractivity contribution is -0.119. The number of nitrogens with two attached hydrogens (primary N) is 1. The Kier molecular flexibility index (Phi) is 5.72. The number of ketones is 1. The van der Waals surface area contributed by atoms with Gasteiger partial charge in [0.1, 0.15) is 5.58 Å². The number of hydrogen-bond acceptors (Lipinski definition) is 4. The summed E-state index contributed by atoms with van der Waals surface area (Å²) in [5.74, 6) is -0.440. The molecule has 1 heterocycles. The molecule has 31 heavy (non-hydrogen) atoms. The fourth-order valence-electron chi connectivity index (χ4n) is 3.40. The number of carbonyl (C=O) groups is 2. The maximum absolute atomic E-state index is 13.0. The lowest BCUT2D eigenvalue weighted by Crippen LogP contribution is -2.19. The van der Waals surface area contributed by atoms with Crippen LogP contribution in [0.5, 0.6) is 0 Å². The van der Waals surface area contributed by atoms with E-state index in [1.807, 2.05) is 42.5 Å². The van der Waals surface area contributed by atoms with Crippen LogP contribution in [0, 0.1) is 0 Å². The Morgan fingerprint density at radius 1 is 1.00 bits per heavy atom. The Morgan fingerprint density at radius 3 is 2.52 bits per heavy atom. The summed E-state index contributed by atoms with van der Waals surface area (Å²) in [6, 6.07) is 17.9. The van der Waals surface area contributed by atoms with Crippen molar-refractivity contribution in [2.75, 3.05) is 12.8 Å². The van der Waals surface area contributed by atoms with E-state index in [1.54, 1.807) is 19.2 Å². The van der Waals surface area contributed by atoms with Crippen LogP contribution in [0.15, 0.2) is 65.1 Å². The molecule has 3 N–H and O–H groups in total. The lowest BCUT2D eigenvalue weighted by atomic mass is 10.0. The van der Waals surface area contributed by atoms with E-state index in [-0.39, 0.29) is 27.9 Å². The van der Waals surface area contributed by atoms with Crippen molar-refractivity contribution >= 4 is 51.5 Å². The number of halogens is 2. The quantitative estimate of drug-likeness (QED) is 0.391. The summed E-state index contributed by atoms with van der Waals surface area (Å²) in [5, 5.41) is 3.92. The second kappa shape index (κ2) is 8.46. The molecule has 0 aliphatic rings. The Bertz CT molecular complexity index is 1330. The first-order valence-corrected chi connectivity index (χ1v) is 10.2. The number of anilines is 1. The first-order valence-electron chi connectivity index (χ1n) is 9.49. The Hall–Kier alpha value is -3.28. The van der Waals surface area contributed by atoms with Gasteiger partial charge in [-0.05, 0) is 47.0 Å². The van der Waals surface area contributed by atoms with E-state index in [4.69, 9.17) is 33.4 Å². The molecule has 4 rings (SSSR count). The maximum atomic E-state index is 13.0. The van der Waals surface area contributed by atoms with E-state index >= 15 is 0 Å². The van der Waals surface area contributed by atoms with Crippen molar-refractivity contribution in [3.8, 4) is 11.1 Å². The molecule has 0 saturated heterocycles. The number of likely N-dealkylation sites (N-methyl/N-ethyl adjacent to an activating group) is 1. The third-order valence-corrected chi connectivity index (χ3v) is 5.56. The molecular formula is C24H18Cl2N2O3. The highest BCUT2D eigenvalue weighted by atomic mass is 35.5. The van der Waals surface area contributed by atoms with Crippen LogP contribution in [-0.4, -0.2) is 18.7 Å². The lowest BCUT2D eigenvalue weighted by Gasteiger charge is -2.05. The minimum Gasteiger partial charge on any atom is -0.450 e. The molecule has 0 bridgehead atoms. The van der Waals surface area contributed by atoms with Crippen molar-refractivity contribution in [3.05, 3.63) is 87.6 Å². The molecular weight excluding hydrogens is 435 g/mol. The minimum absolute atomic E-state index is 0.0322. The average molecular weight is 453 g/mol. The zero-order valence-corrected chi connectivity index (χ0v) is 18.1. The van der Waals surface area contributed by atoms with E-state index in [0.29, 0.717) is 22.4 Å². The molecule has 4 aromatic rings. The molecule has 1 aromatic heterocycles. The van der Waals surface area contributed by atoms with Crippen molar-refractivity contribution in [1.29, 1.82) is 0 Å².